The van der Waals surface area contributed by atoms with Gasteiger partial charge in [-0.3, -0.25) is 9.59 Å². The monoisotopic (exact) mass is 685 g/mol. The number of aryl methyl sites for hydroxylation is 2. The predicted molar refractivity (Wildman–Crippen MR) is 191 cm³/mol. The molecular weight excluding hydrogens is 634 g/mol. The van der Waals surface area contributed by atoms with Crippen molar-refractivity contribution in [3.8, 4) is 5.75 Å². The summed E-state index contributed by atoms with van der Waals surface area (Å²) in [5.74, 6) is -1.52. The average molecular weight is 686 g/mol. The van der Waals surface area contributed by atoms with Gasteiger partial charge in [-0.25, -0.2) is 9.59 Å². The minimum absolute atomic E-state index is 0.0676. The first kappa shape index (κ1) is 38.0. The Kier molecular flexibility index (Phi) is 12.0. The third kappa shape index (κ3) is 11.1. The van der Waals surface area contributed by atoms with Crippen LogP contribution in [-0.2, 0) is 36.7 Å². The average Bonchev–Trinajstić information content (AvgIpc) is 3.85. The Labute approximate surface area is 295 Å². The van der Waals surface area contributed by atoms with Gasteiger partial charge >= 0.3 is 12.1 Å². The van der Waals surface area contributed by atoms with Crippen molar-refractivity contribution in [2.24, 2.45) is 0 Å². The Hall–Kier alpha value is -4.86. The molecule has 0 radical (unpaired) electrons. The molecule has 0 aliphatic heterocycles. The normalized spacial score (nSPS) is 14.9. The van der Waals surface area contributed by atoms with Gasteiger partial charge < -0.3 is 30.1 Å². The van der Waals surface area contributed by atoms with Crippen molar-refractivity contribution < 1.29 is 33.8 Å². The minimum Gasteiger partial charge on any atom is -0.508 e. The highest BCUT2D eigenvalue weighted by Crippen LogP contribution is 2.37. The van der Waals surface area contributed by atoms with Gasteiger partial charge in [0.2, 0.25) is 11.8 Å². The first-order valence-corrected chi connectivity index (χ1v) is 17.1. The molecular formula is C40H51N3O7. The van der Waals surface area contributed by atoms with E-state index in [0.29, 0.717) is 24.0 Å². The largest absolute Gasteiger partial charge is 0.508 e. The number of phenols is 1. The Balaban J connectivity index is 1.77. The maximum atomic E-state index is 14.8. The molecule has 3 amide bonds. The van der Waals surface area contributed by atoms with Gasteiger partial charge in [-0.2, -0.15) is 0 Å². The maximum Gasteiger partial charge on any atom is 0.408 e. The highest BCUT2D eigenvalue weighted by molar-refractivity contribution is 5.94. The summed E-state index contributed by atoms with van der Waals surface area (Å²) in [6.07, 6.45) is 0.821. The number of amides is 3. The second-order valence-electron chi connectivity index (χ2n) is 15.1. The molecule has 268 valence electrons. The van der Waals surface area contributed by atoms with Crippen LogP contribution < -0.4 is 10.6 Å². The molecule has 1 saturated carbocycles. The molecule has 1 fully saturated rings. The quantitative estimate of drug-likeness (QED) is 0.192. The molecule has 10 nitrogen and oxygen atoms in total. The van der Waals surface area contributed by atoms with Gasteiger partial charge in [-0.15, -0.1) is 0 Å². The lowest BCUT2D eigenvalue weighted by atomic mass is 9.94. The van der Waals surface area contributed by atoms with Crippen LogP contribution in [0.5, 0.6) is 5.75 Å². The highest BCUT2D eigenvalue weighted by Gasteiger charge is 2.45. The van der Waals surface area contributed by atoms with E-state index in [1.54, 1.807) is 58.6 Å². The number of hydrogen-bond acceptors (Lipinski definition) is 7. The van der Waals surface area contributed by atoms with E-state index < -0.39 is 53.2 Å². The van der Waals surface area contributed by atoms with E-state index in [9.17, 15) is 24.3 Å². The molecule has 0 aromatic heterocycles. The first-order chi connectivity index (χ1) is 23.4. The summed E-state index contributed by atoms with van der Waals surface area (Å²) in [6.45, 7) is 14.3. The van der Waals surface area contributed by atoms with E-state index in [2.05, 4.69) is 10.6 Å². The Morgan fingerprint density at radius 1 is 0.780 bits per heavy atom. The molecule has 4 rings (SSSR count). The van der Waals surface area contributed by atoms with E-state index in [0.717, 1.165) is 16.7 Å². The lowest BCUT2D eigenvalue weighted by Crippen LogP contribution is -2.56. The van der Waals surface area contributed by atoms with Crippen LogP contribution in [0.4, 0.5) is 4.79 Å². The predicted octanol–water partition coefficient (Wildman–Crippen LogP) is 6.25. The lowest BCUT2D eigenvalue weighted by Gasteiger charge is -2.36. The third-order valence-electron chi connectivity index (χ3n) is 8.11. The van der Waals surface area contributed by atoms with E-state index in [1.807, 2.05) is 62.4 Å². The number of nitrogens with zero attached hydrogens (tertiary/aromatic N) is 1. The number of benzene rings is 3. The summed E-state index contributed by atoms with van der Waals surface area (Å²) < 4.78 is 11.3. The number of alkyl carbamates (subject to hydrolysis) is 1. The number of rotatable bonds is 12. The van der Waals surface area contributed by atoms with Crippen LogP contribution in [0.1, 0.15) is 88.2 Å². The molecule has 3 aromatic rings. The van der Waals surface area contributed by atoms with Crippen molar-refractivity contribution >= 4 is 23.9 Å². The lowest BCUT2D eigenvalue weighted by molar-refractivity contribution is -0.159. The van der Waals surface area contributed by atoms with Gasteiger partial charge in [0.1, 0.15) is 35.1 Å². The highest BCUT2D eigenvalue weighted by atomic mass is 16.6. The van der Waals surface area contributed by atoms with Gasteiger partial charge in [0.05, 0.1) is 0 Å². The van der Waals surface area contributed by atoms with Crippen LogP contribution in [0.2, 0.25) is 0 Å². The Morgan fingerprint density at radius 2 is 1.36 bits per heavy atom. The Morgan fingerprint density at radius 3 is 1.94 bits per heavy atom. The molecule has 1 aliphatic rings. The SMILES string of the molecule is Cc1ccc(C)c(C(C(=O)NC(Cc2ccccc2)C(=O)OC(C)(C)C)N(C(=O)C(Cc2ccc(O)cc2)NC(=O)OC(C)(C)C)C2CC2)c1. The third-order valence-corrected chi connectivity index (χ3v) is 8.11. The maximum absolute atomic E-state index is 14.8. The van der Waals surface area contributed by atoms with E-state index >= 15 is 0 Å². The van der Waals surface area contributed by atoms with Gasteiger partial charge in [0.25, 0.3) is 0 Å². The molecule has 0 heterocycles. The molecule has 3 unspecified atom stereocenters. The van der Waals surface area contributed by atoms with Crippen molar-refractivity contribution in [1.82, 2.24) is 15.5 Å². The second-order valence-corrected chi connectivity index (χ2v) is 15.1. The van der Waals surface area contributed by atoms with Crippen LogP contribution in [0, 0.1) is 13.8 Å². The summed E-state index contributed by atoms with van der Waals surface area (Å²) in [6, 6.07) is 17.9. The molecule has 3 N–H and O–H groups in total. The van der Waals surface area contributed by atoms with Gasteiger partial charge in [0, 0.05) is 18.9 Å². The fourth-order valence-electron chi connectivity index (χ4n) is 5.71. The second kappa shape index (κ2) is 15.8. The van der Waals surface area contributed by atoms with Crippen LogP contribution >= 0.6 is 0 Å². The summed E-state index contributed by atoms with van der Waals surface area (Å²) in [4.78, 5) is 57.9. The van der Waals surface area contributed by atoms with Crippen molar-refractivity contribution in [2.75, 3.05) is 0 Å². The smallest absolute Gasteiger partial charge is 0.408 e. The zero-order valence-corrected chi connectivity index (χ0v) is 30.4. The van der Waals surface area contributed by atoms with Gasteiger partial charge in [-0.05, 0) is 103 Å². The van der Waals surface area contributed by atoms with Crippen LogP contribution in [0.15, 0.2) is 72.8 Å². The van der Waals surface area contributed by atoms with Crippen molar-refractivity contribution in [3.63, 3.8) is 0 Å². The standard InChI is InChI=1S/C40H51N3O7/c1-25-14-15-26(2)31(22-25)34(35(45)41-33(37(47)49-39(3,4)5)24-27-12-10-9-11-13-27)43(29-18-19-29)36(46)32(42-38(48)50-40(6,7)8)23-28-16-20-30(44)21-17-28/h9-17,20-22,29,32-34,44H,18-19,23-24H2,1-8H3,(H,41,45)(H,42,48). The summed E-state index contributed by atoms with van der Waals surface area (Å²) in [5.41, 5.74) is 2.21. The molecule has 0 saturated heterocycles. The fraction of sp³-hybridized carbons (Fsp3) is 0.450. The molecule has 0 spiro atoms. The zero-order chi connectivity index (χ0) is 36.8. The van der Waals surface area contributed by atoms with E-state index in [1.165, 1.54) is 12.1 Å². The van der Waals surface area contributed by atoms with Crippen molar-refractivity contribution in [2.45, 2.75) is 116 Å². The van der Waals surface area contributed by atoms with Crippen LogP contribution in [0.3, 0.4) is 0 Å². The topological polar surface area (TPSA) is 134 Å². The van der Waals surface area contributed by atoms with Crippen LogP contribution in [-0.4, -0.2) is 63.2 Å². The van der Waals surface area contributed by atoms with Crippen LogP contribution in [0.25, 0.3) is 0 Å². The number of phenolic OH excluding ortho intramolecular Hbond substituents is 1. The van der Waals surface area contributed by atoms with E-state index in [4.69, 9.17) is 9.47 Å². The summed E-state index contributed by atoms with van der Waals surface area (Å²) >= 11 is 0. The molecule has 1 aliphatic carbocycles. The van der Waals surface area contributed by atoms with Gasteiger partial charge in [-0.1, -0.05) is 66.2 Å². The Bertz CT molecular complexity index is 1650. The van der Waals surface area contributed by atoms with Gasteiger partial charge in [0.15, 0.2) is 0 Å². The number of carbonyl (C=O) groups is 4. The summed E-state index contributed by atoms with van der Waals surface area (Å²) in [5, 5.41) is 15.6. The molecule has 10 heteroatoms. The number of esters is 1. The molecule has 3 aromatic carbocycles. The van der Waals surface area contributed by atoms with Crippen molar-refractivity contribution in [1.29, 1.82) is 0 Å². The van der Waals surface area contributed by atoms with E-state index in [-0.39, 0.29) is 24.6 Å². The number of aromatic hydroxyl groups is 1. The number of carbonyl (C=O) groups excluding carboxylic acids is 4. The number of hydrogen-bond donors (Lipinski definition) is 3. The molecule has 50 heavy (non-hydrogen) atoms. The molecule has 0 bridgehead atoms. The zero-order valence-electron chi connectivity index (χ0n) is 30.4. The van der Waals surface area contributed by atoms with Crippen molar-refractivity contribution in [3.05, 3.63) is 101 Å². The number of ether oxygens (including phenoxy) is 2. The minimum atomic E-state index is -1.13. The fourth-order valence-corrected chi connectivity index (χ4v) is 5.71. The first-order valence-electron chi connectivity index (χ1n) is 17.1. The molecule has 3 atom stereocenters. The summed E-state index contributed by atoms with van der Waals surface area (Å²) in [7, 11) is 0. The number of nitrogens with one attached hydrogen (secondary N) is 2.